The quantitative estimate of drug-likeness (QED) is 0.712. The third-order valence-electron chi connectivity index (χ3n) is 5.00. The predicted molar refractivity (Wildman–Crippen MR) is 107 cm³/mol. The highest BCUT2D eigenvalue weighted by Crippen LogP contribution is 2.35. The highest BCUT2D eigenvalue weighted by molar-refractivity contribution is 5.40. The molecule has 27 heavy (non-hydrogen) atoms. The fraction of sp³-hybridized carbons (Fsp3) is 0.304. The summed E-state index contributed by atoms with van der Waals surface area (Å²) < 4.78 is 12.1. The van der Waals surface area contributed by atoms with Crippen molar-refractivity contribution in [2.45, 2.75) is 19.1 Å². The Balaban J connectivity index is 1.63. The second-order valence-corrected chi connectivity index (χ2v) is 6.87. The zero-order valence-electron chi connectivity index (χ0n) is 15.5. The van der Waals surface area contributed by atoms with Gasteiger partial charge in [0.2, 0.25) is 0 Å². The number of hydrogen-bond acceptors (Lipinski definition) is 4. The Hall–Kier alpha value is -2.56. The van der Waals surface area contributed by atoms with Crippen LogP contribution in [0.15, 0.2) is 77.4 Å². The Morgan fingerprint density at radius 1 is 0.926 bits per heavy atom. The van der Waals surface area contributed by atoms with Crippen molar-refractivity contribution in [2.24, 2.45) is 0 Å². The van der Waals surface area contributed by atoms with E-state index in [2.05, 4.69) is 46.6 Å². The van der Waals surface area contributed by atoms with Gasteiger partial charge in [-0.1, -0.05) is 48.5 Å². The van der Waals surface area contributed by atoms with E-state index >= 15 is 0 Å². The van der Waals surface area contributed by atoms with Gasteiger partial charge in [-0.25, -0.2) is 0 Å². The molecule has 140 valence electrons. The second kappa shape index (κ2) is 8.89. The lowest BCUT2D eigenvalue weighted by Crippen LogP contribution is -2.33. The number of nitrogens with zero attached hydrogens (tertiary/aromatic N) is 1. The summed E-state index contributed by atoms with van der Waals surface area (Å²) in [5, 5.41) is 3.49. The van der Waals surface area contributed by atoms with Gasteiger partial charge in [-0.3, -0.25) is 4.90 Å². The van der Waals surface area contributed by atoms with Crippen LogP contribution in [0.3, 0.4) is 0 Å². The maximum absolute atomic E-state index is 6.24. The first-order chi connectivity index (χ1) is 13.4. The van der Waals surface area contributed by atoms with Crippen molar-refractivity contribution < 1.29 is 9.15 Å². The molecule has 1 fully saturated rings. The first-order valence-electron chi connectivity index (χ1n) is 9.65. The monoisotopic (exact) mass is 362 g/mol. The van der Waals surface area contributed by atoms with Crippen molar-refractivity contribution in [3.8, 4) is 5.75 Å². The van der Waals surface area contributed by atoms with Crippen molar-refractivity contribution in [3.63, 3.8) is 0 Å². The smallest absolute Gasteiger partial charge is 0.125 e. The minimum Gasteiger partial charge on any atom is -0.489 e. The highest BCUT2D eigenvalue weighted by Gasteiger charge is 2.27. The fourth-order valence-electron chi connectivity index (χ4n) is 3.67. The number of hydrogen-bond donors (Lipinski definition) is 1. The van der Waals surface area contributed by atoms with Gasteiger partial charge in [0.05, 0.1) is 12.3 Å². The van der Waals surface area contributed by atoms with Crippen LogP contribution >= 0.6 is 0 Å². The molecule has 0 spiro atoms. The Labute approximate surface area is 160 Å². The summed E-state index contributed by atoms with van der Waals surface area (Å²) in [5.41, 5.74) is 2.33. The topological polar surface area (TPSA) is 37.6 Å². The van der Waals surface area contributed by atoms with E-state index in [1.165, 1.54) is 5.56 Å². The molecule has 1 unspecified atom stereocenters. The molecule has 2 heterocycles. The van der Waals surface area contributed by atoms with E-state index in [0.717, 1.165) is 49.7 Å². The molecule has 0 radical (unpaired) electrons. The van der Waals surface area contributed by atoms with Gasteiger partial charge >= 0.3 is 0 Å². The Bertz CT molecular complexity index is 809. The van der Waals surface area contributed by atoms with Crippen LogP contribution in [-0.4, -0.2) is 31.1 Å². The molecule has 1 aliphatic heterocycles. The second-order valence-electron chi connectivity index (χ2n) is 6.87. The maximum atomic E-state index is 6.24. The van der Waals surface area contributed by atoms with E-state index in [9.17, 15) is 0 Å². The number of ether oxygens (including phenoxy) is 1. The highest BCUT2D eigenvalue weighted by atomic mass is 16.5. The molecule has 1 atom stereocenters. The standard InChI is InChI=1S/C23H26N2O2/c1-2-8-19(9-3-1)18-27-21-11-5-4-10-20(21)23(22-12-6-17-26-22)25-15-7-13-24-14-16-25/h1-6,8-12,17,23-24H,7,13-16,18H2. The van der Waals surface area contributed by atoms with Crippen LogP contribution < -0.4 is 10.1 Å². The fourth-order valence-corrected chi connectivity index (χ4v) is 3.67. The summed E-state index contributed by atoms with van der Waals surface area (Å²) in [7, 11) is 0. The molecule has 0 bridgehead atoms. The molecular weight excluding hydrogens is 336 g/mol. The molecule has 1 saturated heterocycles. The molecule has 2 aromatic carbocycles. The van der Waals surface area contributed by atoms with E-state index in [1.807, 2.05) is 30.3 Å². The molecule has 0 aliphatic carbocycles. The third kappa shape index (κ3) is 4.41. The van der Waals surface area contributed by atoms with Crippen molar-refractivity contribution in [1.82, 2.24) is 10.2 Å². The number of nitrogens with one attached hydrogen (secondary N) is 1. The van der Waals surface area contributed by atoms with Crippen molar-refractivity contribution >= 4 is 0 Å². The van der Waals surface area contributed by atoms with Gasteiger partial charge in [0.25, 0.3) is 0 Å². The largest absolute Gasteiger partial charge is 0.489 e. The summed E-state index contributed by atoms with van der Waals surface area (Å²) in [6.45, 7) is 4.63. The molecule has 4 nitrogen and oxygen atoms in total. The zero-order chi connectivity index (χ0) is 18.3. The number of para-hydroxylation sites is 1. The summed E-state index contributed by atoms with van der Waals surface area (Å²) in [6, 6.07) is 22.7. The minimum absolute atomic E-state index is 0.0619. The van der Waals surface area contributed by atoms with Gasteiger partial charge in [-0.05, 0) is 36.7 Å². The summed E-state index contributed by atoms with van der Waals surface area (Å²) in [5.74, 6) is 1.88. The van der Waals surface area contributed by atoms with Gasteiger partial charge in [-0.2, -0.15) is 0 Å². The molecule has 0 amide bonds. The van der Waals surface area contributed by atoms with Crippen LogP contribution in [0, 0.1) is 0 Å². The molecule has 0 saturated carbocycles. The van der Waals surface area contributed by atoms with Crippen molar-refractivity contribution in [3.05, 3.63) is 89.9 Å². The number of benzene rings is 2. The van der Waals surface area contributed by atoms with Gasteiger partial charge in [0, 0.05) is 25.2 Å². The lowest BCUT2D eigenvalue weighted by molar-refractivity contribution is 0.208. The van der Waals surface area contributed by atoms with Crippen LogP contribution in [0.25, 0.3) is 0 Å². The molecule has 3 aromatic rings. The van der Waals surface area contributed by atoms with E-state index in [-0.39, 0.29) is 6.04 Å². The minimum atomic E-state index is 0.0619. The van der Waals surface area contributed by atoms with Crippen LogP contribution in [0.1, 0.15) is 29.3 Å². The summed E-state index contributed by atoms with van der Waals surface area (Å²) in [4.78, 5) is 2.49. The molecule has 4 heteroatoms. The van der Waals surface area contributed by atoms with Crippen LogP contribution in [0.5, 0.6) is 5.75 Å². The average molecular weight is 362 g/mol. The normalized spacial score (nSPS) is 16.6. The van der Waals surface area contributed by atoms with Gasteiger partial charge in [0.1, 0.15) is 18.1 Å². The van der Waals surface area contributed by atoms with Gasteiger partial charge in [-0.15, -0.1) is 0 Å². The van der Waals surface area contributed by atoms with Crippen molar-refractivity contribution in [1.29, 1.82) is 0 Å². The van der Waals surface area contributed by atoms with Crippen LogP contribution in [0.2, 0.25) is 0 Å². The van der Waals surface area contributed by atoms with E-state index < -0.39 is 0 Å². The number of furan rings is 1. The lowest BCUT2D eigenvalue weighted by Gasteiger charge is -2.30. The summed E-state index contributed by atoms with van der Waals surface area (Å²) in [6.07, 6.45) is 2.89. The molecule has 1 aliphatic rings. The zero-order valence-corrected chi connectivity index (χ0v) is 15.5. The Morgan fingerprint density at radius 2 is 1.78 bits per heavy atom. The SMILES string of the molecule is c1ccc(COc2ccccc2C(c2ccco2)N2CCCNCC2)cc1. The van der Waals surface area contributed by atoms with Gasteiger partial charge < -0.3 is 14.5 Å². The number of rotatable bonds is 6. The predicted octanol–water partition coefficient (Wildman–Crippen LogP) is 4.24. The third-order valence-corrected chi connectivity index (χ3v) is 5.00. The van der Waals surface area contributed by atoms with Crippen LogP contribution in [0.4, 0.5) is 0 Å². The first kappa shape index (κ1) is 17.8. The molecule has 4 rings (SSSR count). The summed E-state index contributed by atoms with van der Waals surface area (Å²) >= 11 is 0. The molecule has 1 N–H and O–H groups in total. The average Bonchev–Trinajstić information content (AvgIpc) is 3.11. The first-order valence-corrected chi connectivity index (χ1v) is 9.65. The van der Waals surface area contributed by atoms with E-state index in [1.54, 1.807) is 6.26 Å². The maximum Gasteiger partial charge on any atom is 0.125 e. The lowest BCUT2D eigenvalue weighted by atomic mass is 10.0. The molecule has 1 aromatic heterocycles. The van der Waals surface area contributed by atoms with Gasteiger partial charge in [0.15, 0.2) is 0 Å². The van der Waals surface area contributed by atoms with Crippen molar-refractivity contribution in [2.75, 3.05) is 26.2 Å². The van der Waals surface area contributed by atoms with E-state index in [0.29, 0.717) is 6.61 Å². The molecular formula is C23H26N2O2. The van der Waals surface area contributed by atoms with E-state index in [4.69, 9.17) is 9.15 Å². The Kier molecular flexibility index (Phi) is 5.87. The van der Waals surface area contributed by atoms with Crippen LogP contribution in [-0.2, 0) is 6.61 Å². The Morgan fingerprint density at radius 3 is 2.63 bits per heavy atom.